The van der Waals surface area contributed by atoms with E-state index < -0.39 is 0 Å². The van der Waals surface area contributed by atoms with E-state index in [0.29, 0.717) is 6.61 Å². The Balaban J connectivity index is 1.88. The Morgan fingerprint density at radius 1 is 1.33 bits per heavy atom. The first-order valence-corrected chi connectivity index (χ1v) is 7.05. The second-order valence-corrected chi connectivity index (χ2v) is 4.92. The van der Waals surface area contributed by atoms with Crippen LogP contribution in [0.15, 0.2) is 30.3 Å². The Morgan fingerprint density at radius 2 is 2.05 bits per heavy atom. The maximum Gasteiger partial charge on any atom is 0.251 e. The van der Waals surface area contributed by atoms with Gasteiger partial charge in [-0.2, -0.15) is 5.10 Å². The van der Waals surface area contributed by atoms with Crippen LogP contribution in [-0.2, 0) is 29.6 Å². The number of carbonyl (C=O) groups excluding carboxylic acids is 1. The van der Waals surface area contributed by atoms with E-state index in [1.807, 2.05) is 51.2 Å². The molecule has 1 N–H and O–H groups in total. The Morgan fingerprint density at radius 3 is 2.71 bits per heavy atom. The summed E-state index contributed by atoms with van der Waals surface area (Å²) in [7, 11) is 1.83. The quantitative estimate of drug-likeness (QED) is 0.888. The molecule has 2 rings (SSSR count). The van der Waals surface area contributed by atoms with Crippen LogP contribution in [0.4, 0.5) is 5.82 Å². The van der Waals surface area contributed by atoms with Gasteiger partial charge in [-0.05, 0) is 18.9 Å². The normalized spacial score (nSPS) is 10.6. The summed E-state index contributed by atoms with van der Waals surface area (Å²) in [5.41, 5.74) is 3.06. The SMILES string of the molecule is CCc1c(C)nn(C)c1NC(=O)COCc1ccccc1. The molecule has 1 amide bonds. The van der Waals surface area contributed by atoms with E-state index in [2.05, 4.69) is 10.4 Å². The molecule has 0 aliphatic rings. The number of aromatic nitrogens is 2. The third kappa shape index (κ3) is 3.92. The number of aryl methyl sites for hydroxylation is 2. The van der Waals surface area contributed by atoms with Gasteiger partial charge in [-0.3, -0.25) is 9.48 Å². The lowest BCUT2D eigenvalue weighted by atomic mass is 10.2. The van der Waals surface area contributed by atoms with Crippen molar-refractivity contribution in [3.63, 3.8) is 0 Å². The lowest BCUT2D eigenvalue weighted by Crippen LogP contribution is -2.20. The van der Waals surface area contributed by atoms with Crippen molar-refractivity contribution in [3.8, 4) is 0 Å². The Hall–Kier alpha value is -2.14. The van der Waals surface area contributed by atoms with E-state index >= 15 is 0 Å². The molecule has 112 valence electrons. The summed E-state index contributed by atoms with van der Waals surface area (Å²) >= 11 is 0. The summed E-state index contributed by atoms with van der Waals surface area (Å²) in [6, 6.07) is 9.79. The van der Waals surface area contributed by atoms with Crippen molar-refractivity contribution >= 4 is 11.7 Å². The molecule has 0 atom stereocenters. The van der Waals surface area contributed by atoms with Crippen LogP contribution in [0.5, 0.6) is 0 Å². The highest BCUT2D eigenvalue weighted by atomic mass is 16.5. The number of ether oxygens (including phenoxy) is 1. The van der Waals surface area contributed by atoms with Crippen LogP contribution in [0, 0.1) is 6.92 Å². The van der Waals surface area contributed by atoms with Gasteiger partial charge in [0.1, 0.15) is 12.4 Å². The van der Waals surface area contributed by atoms with Crippen molar-refractivity contribution in [2.24, 2.45) is 7.05 Å². The van der Waals surface area contributed by atoms with Crippen LogP contribution in [-0.4, -0.2) is 22.3 Å². The molecule has 0 saturated carbocycles. The zero-order valence-electron chi connectivity index (χ0n) is 12.7. The molecule has 0 spiro atoms. The van der Waals surface area contributed by atoms with E-state index in [-0.39, 0.29) is 12.5 Å². The van der Waals surface area contributed by atoms with E-state index in [0.717, 1.165) is 29.1 Å². The van der Waals surface area contributed by atoms with Crippen molar-refractivity contribution in [1.29, 1.82) is 0 Å². The highest BCUT2D eigenvalue weighted by Gasteiger charge is 2.14. The highest BCUT2D eigenvalue weighted by Crippen LogP contribution is 2.19. The van der Waals surface area contributed by atoms with Crippen LogP contribution in [0.2, 0.25) is 0 Å². The van der Waals surface area contributed by atoms with Gasteiger partial charge in [0.05, 0.1) is 12.3 Å². The minimum atomic E-state index is -0.163. The standard InChI is InChI=1S/C16H21N3O2/c1-4-14-12(2)18-19(3)16(14)17-15(20)11-21-10-13-8-6-5-7-9-13/h5-9H,4,10-11H2,1-3H3,(H,17,20). The maximum absolute atomic E-state index is 12.0. The number of benzene rings is 1. The largest absolute Gasteiger partial charge is 0.367 e. The number of nitrogens with zero attached hydrogens (tertiary/aromatic N) is 2. The monoisotopic (exact) mass is 287 g/mol. The molecule has 0 saturated heterocycles. The number of hydrogen-bond donors (Lipinski definition) is 1. The van der Waals surface area contributed by atoms with Crippen molar-refractivity contribution in [3.05, 3.63) is 47.2 Å². The van der Waals surface area contributed by atoms with Gasteiger partial charge in [0.15, 0.2) is 0 Å². The van der Waals surface area contributed by atoms with Gasteiger partial charge in [-0.1, -0.05) is 37.3 Å². The fourth-order valence-electron chi connectivity index (χ4n) is 2.29. The number of nitrogens with one attached hydrogen (secondary N) is 1. The molecule has 0 aliphatic carbocycles. The summed E-state index contributed by atoms with van der Waals surface area (Å²) in [5, 5.41) is 7.20. The van der Waals surface area contributed by atoms with E-state index in [1.54, 1.807) is 4.68 Å². The molecule has 1 aromatic carbocycles. The predicted octanol–water partition coefficient (Wildman–Crippen LogP) is 2.45. The fourth-order valence-corrected chi connectivity index (χ4v) is 2.29. The van der Waals surface area contributed by atoms with Crippen LogP contribution in [0.3, 0.4) is 0 Å². The van der Waals surface area contributed by atoms with Gasteiger partial charge in [-0.15, -0.1) is 0 Å². The van der Waals surface area contributed by atoms with Gasteiger partial charge in [0, 0.05) is 12.6 Å². The summed E-state index contributed by atoms with van der Waals surface area (Å²) < 4.78 is 7.13. The predicted molar refractivity (Wildman–Crippen MR) is 82.1 cm³/mol. The summed E-state index contributed by atoms with van der Waals surface area (Å²) in [5.74, 6) is 0.590. The van der Waals surface area contributed by atoms with Crippen molar-refractivity contribution in [2.75, 3.05) is 11.9 Å². The van der Waals surface area contributed by atoms with E-state index in [4.69, 9.17) is 4.74 Å². The second-order valence-electron chi connectivity index (χ2n) is 4.92. The number of carbonyl (C=O) groups is 1. The third-order valence-electron chi connectivity index (χ3n) is 3.30. The summed E-state index contributed by atoms with van der Waals surface area (Å²) in [4.78, 5) is 12.0. The van der Waals surface area contributed by atoms with E-state index in [9.17, 15) is 4.79 Å². The highest BCUT2D eigenvalue weighted by molar-refractivity contribution is 5.91. The average molecular weight is 287 g/mol. The van der Waals surface area contributed by atoms with Gasteiger partial charge in [-0.25, -0.2) is 0 Å². The zero-order chi connectivity index (χ0) is 15.2. The first-order chi connectivity index (χ1) is 10.1. The average Bonchev–Trinajstić information content (AvgIpc) is 2.74. The lowest BCUT2D eigenvalue weighted by molar-refractivity contribution is -0.121. The zero-order valence-corrected chi connectivity index (χ0v) is 12.7. The summed E-state index contributed by atoms with van der Waals surface area (Å²) in [6.07, 6.45) is 0.833. The van der Waals surface area contributed by atoms with E-state index in [1.165, 1.54) is 0 Å². The molecule has 1 aromatic heterocycles. The molecule has 0 fully saturated rings. The summed E-state index contributed by atoms with van der Waals surface area (Å²) in [6.45, 7) is 4.45. The van der Waals surface area contributed by atoms with Crippen LogP contribution in [0.25, 0.3) is 0 Å². The van der Waals surface area contributed by atoms with Crippen molar-refractivity contribution < 1.29 is 9.53 Å². The van der Waals surface area contributed by atoms with Crippen LogP contribution >= 0.6 is 0 Å². The Bertz CT molecular complexity index is 605. The first-order valence-electron chi connectivity index (χ1n) is 7.05. The van der Waals surface area contributed by atoms with Gasteiger partial charge in [0.2, 0.25) is 0 Å². The van der Waals surface area contributed by atoms with Crippen LogP contribution < -0.4 is 5.32 Å². The molecule has 5 heteroatoms. The number of rotatable bonds is 6. The molecular weight excluding hydrogens is 266 g/mol. The molecule has 0 radical (unpaired) electrons. The van der Waals surface area contributed by atoms with Gasteiger partial charge < -0.3 is 10.1 Å². The molecule has 0 unspecified atom stereocenters. The third-order valence-corrected chi connectivity index (χ3v) is 3.30. The van der Waals surface area contributed by atoms with Crippen LogP contribution in [0.1, 0.15) is 23.7 Å². The minimum absolute atomic E-state index is 0.0300. The van der Waals surface area contributed by atoms with Gasteiger partial charge in [0.25, 0.3) is 5.91 Å². The molecule has 0 bridgehead atoms. The topological polar surface area (TPSA) is 56.2 Å². The van der Waals surface area contributed by atoms with Crippen molar-refractivity contribution in [1.82, 2.24) is 9.78 Å². The molecular formula is C16H21N3O2. The fraction of sp³-hybridized carbons (Fsp3) is 0.375. The first kappa shape index (κ1) is 15.3. The lowest BCUT2D eigenvalue weighted by Gasteiger charge is -2.08. The molecule has 0 aliphatic heterocycles. The number of hydrogen-bond acceptors (Lipinski definition) is 3. The molecule has 2 aromatic rings. The van der Waals surface area contributed by atoms with Gasteiger partial charge >= 0.3 is 0 Å². The second kappa shape index (κ2) is 7.04. The minimum Gasteiger partial charge on any atom is -0.367 e. The Labute approximate surface area is 124 Å². The number of anilines is 1. The molecule has 21 heavy (non-hydrogen) atoms. The van der Waals surface area contributed by atoms with Crippen molar-refractivity contribution in [2.45, 2.75) is 26.9 Å². The number of amides is 1. The Kier molecular flexibility index (Phi) is 5.11. The maximum atomic E-state index is 12.0. The molecule has 5 nitrogen and oxygen atoms in total. The smallest absolute Gasteiger partial charge is 0.251 e. The molecule has 1 heterocycles.